The molecule has 4 heteroatoms. The number of hydrogen-bond acceptors (Lipinski definition) is 3. The summed E-state index contributed by atoms with van der Waals surface area (Å²) >= 11 is 0. The van der Waals surface area contributed by atoms with Crippen LogP contribution in [0.3, 0.4) is 0 Å². The lowest BCUT2D eigenvalue weighted by Crippen LogP contribution is -2.02. The Bertz CT molecular complexity index is 376. The number of benzene rings is 1. The van der Waals surface area contributed by atoms with Gasteiger partial charge in [-0.25, -0.2) is 0 Å². The Morgan fingerprint density at radius 2 is 2.40 bits per heavy atom. The van der Waals surface area contributed by atoms with Gasteiger partial charge in [0.2, 0.25) is 0 Å². The van der Waals surface area contributed by atoms with Crippen LogP contribution in [0.1, 0.15) is 12.0 Å². The van der Waals surface area contributed by atoms with Gasteiger partial charge >= 0.3 is 5.97 Å². The fourth-order valence-electron chi connectivity index (χ4n) is 1.60. The summed E-state index contributed by atoms with van der Waals surface area (Å²) in [6, 6.07) is 5.46. The van der Waals surface area contributed by atoms with E-state index in [2.05, 4.69) is 5.32 Å². The number of carboxylic acids is 1. The van der Waals surface area contributed by atoms with Crippen molar-refractivity contribution in [2.45, 2.75) is 12.8 Å². The summed E-state index contributed by atoms with van der Waals surface area (Å²) in [5.74, 6) is -0.00821. The van der Waals surface area contributed by atoms with E-state index in [9.17, 15) is 4.79 Å². The molecule has 80 valence electrons. The molecule has 0 atom stereocenters. The quantitative estimate of drug-likeness (QED) is 0.771. The summed E-state index contributed by atoms with van der Waals surface area (Å²) in [7, 11) is 0. The highest BCUT2D eigenvalue weighted by Crippen LogP contribution is 2.27. The van der Waals surface area contributed by atoms with Crippen molar-refractivity contribution in [3.8, 4) is 5.75 Å². The van der Waals surface area contributed by atoms with Crippen molar-refractivity contribution in [2.75, 3.05) is 18.5 Å². The lowest BCUT2D eigenvalue weighted by atomic mass is 10.1. The summed E-state index contributed by atoms with van der Waals surface area (Å²) < 4.78 is 5.50. The Morgan fingerprint density at radius 3 is 3.20 bits per heavy atom. The van der Waals surface area contributed by atoms with Crippen LogP contribution >= 0.6 is 0 Å². The van der Waals surface area contributed by atoms with Crippen LogP contribution in [0.25, 0.3) is 0 Å². The van der Waals surface area contributed by atoms with E-state index >= 15 is 0 Å². The van der Waals surface area contributed by atoms with Crippen molar-refractivity contribution >= 4 is 11.7 Å². The van der Waals surface area contributed by atoms with Gasteiger partial charge in [0.1, 0.15) is 5.75 Å². The number of carboxylic acid groups (broad SMARTS) is 1. The van der Waals surface area contributed by atoms with Gasteiger partial charge in [-0.1, -0.05) is 6.07 Å². The molecular weight excluding hydrogens is 194 g/mol. The summed E-state index contributed by atoms with van der Waals surface area (Å²) in [6.45, 7) is 1.57. The molecule has 1 aliphatic rings. The molecule has 0 spiro atoms. The Kier molecular flexibility index (Phi) is 2.76. The molecule has 0 aliphatic carbocycles. The van der Waals surface area contributed by atoms with Crippen molar-refractivity contribution in [3.63, 3.8) is 0 Å². The van der Waals surface area contributed by atoms with Gasteiger partial charge in [-0.3, -0.25) is 4.79 Å². The molecule has 0 unspecified atom stereocenters. The molecule has 0 amide bonds. The van der Waals surface area contributed by atoms with Gasteiger partial charge in [-0.15, -0.1) is 0 Å². The summed E-state index contributed by atoms with van der Waals surface area (Å²) in [4.78, 5) is 10.6. The highest BCUT2D eigenvalue weighted by atomic mass is 16.5. The second-order valence-electron chi connectivity index (χ2n) is 3.53. The molecule has 2 rings (SSSR count). The molecule has 0 saturated heterocycles. The maximum atomic E-state index is 10.6. The first-order valence-corrected chi connectivity index (χ1v) is 4.97. The van der Waals surface area contributed by atoms with Crippen LogP contribution < -0.4 is 10.1 Å². The van der Waals surface area contributed by atoms with Gasteiger partial charge in [-0.05, 0) is 24.1 Å². The first-order valence-electron chi connectivity index (χ1n) is 4.97. The third kappa shape index (κ3) is 2.40. The van der Waals surface area contributed by atoms with E-state index in [1.165, 1.54) is 0 Å². The maximum Gasteiger partial charge on any atom is 0.307 e. The minimum absolute atomic E-state index is 0.0506. The fourth-order valence-corrected chi connectivity index (χ4v) is 1.60. The normalized spacial score (nSPS) is 14.4. The van der Waals surface area contributed by atoms with Gasteiger partial charge < -0.3 is 15.2 Å². The van der Waals surface area contributed by atoms with Gasteiger partial charge in [0.15, 0.2) is 0 Å². The van der Waals surface area contributed by atoms with E-state index in [0.717, 1.165) is 30.0 Å². The van der Waals surface area contributed by atoms with Crippen molar-refractivity contribution in [1.82, 2.24) is 0 Å². The molecule has 1 aliphatic heterocycles. The number of aliphatic carboxylic acids is 1. The minimum Gasteiger partial charge on any atom is -0.491 e. The largest absolute Gasteiger partial charge is 0.491 e. The van der Waals surface area contributed by atoms with Gasteiger partial charge in [-0.2, -0.15) is 0 Å². The summed E-state index contributed by atoms with van der Waals surface area (Å²) in [6.07, 6.45) is 1.01. The summed E-state index contributed by atoms with van der Waals surface area (Å²) in [5, 5.41) is 11.9. The number of anilines is 1. The van der Waals surface area contributed by atoms with Crippen LogP contribution in [-0.2, 0) is 11.2 Å². The van der Waals surface area contributed by atoms with Gasteiger partial charge in [0.05, 0.1) is 18.7 Å². The minimum atomic E-state index is -0.815. The number of hydrogen-bond donors (Lipinski definition) is 2. The van der Waals surface area contributed by atoms with E-state index in [4.69, 9.17) is 9.84 Å². The topological polar surface area (TPSA) is 58.6 Å². The average molecular weight is 207 g/mol. The highest BCUT2D eigenvalue weighted by molar-refractivity contribution is 5.71. The molecule has 0 saturated carbocycles. The van der Waals surface area contributed by atoms with Crippen molar-refractivity contribution in [2.24, 2.45) is 0 Å². The number of fused-ring (bicyclic) bond motifs is 1. The Balaban J connectivity index is 2.23. The SMILES string of the molecule is O=C(O)Cc1ccc2c(c1)NCCCO2. The number of carbonyl (C=O) groups is 1. The zero-order valence-electron chi connectivity index (χ0n) is 8.32. The zero-order valence-corrected chi connectivity index (χ0v) is 8.32. The first-order chi connectivity index (χ1) is 7.25. The second kappa shape index (κ2) is 4.21. The van der Waals surface area contributed by atoms with E-state index in [1.54, 1.807) is 6.07 Å². The molecule has 0 radical (unpaired) electrons. The lowest BCUT2D eigenvalue weighted by molar-refractivity contribution is -0.136. The van der Waals surface area contributed by atoms with Crippen molar-refractivity contribution in [3.05, 3.63) is 23.8 Å². The second-order valence-corrected chi connectivity index (χ2v) is 3.53. The Morgan fingerprint density at radius 1 is 1.53 bits per heavy atom. The molecular formula is C11H13NO3. The standard InChI is InChI=1S/C11H13NO3/c13-11(14)7-8-2-3-10-9(6-8)12-4-1-5-15-10/h2-3,6,12H,1,4-5,7H2,(H,13,14). The number of nitrogens with one attached hydrogen (secondary N) is 1. The van der Waals surface area contributed by atoms with Crippen LogP contribution in [0, 0.1) is 0 Å². The van der Waals surface area contributed by atoms with Crippen LogP contribution in [-0.4, -0.2) is 24.2 Å². The van der Waals surface area contributed by atoms with E-state index < -0.39 is 5.97 Å². The van der Waals surface area contributed by atoms with Gasteiger partial charge in [0.25, 0.3) is 0 Å². The highest BCUT2D eigenvalue weighted by Gasteiger charge is 2.09. The molecule has 15 heavy (non-hydrogen) atoms. The first kappa shape index (κ1) is 9.83. The molecule has 0 bridgehead atoms. The maximum absolute atomic E-state index is 10.6. The summed E-state index contributed by atoms with van der Waals surface area (Å²) in [5.41, 5.74) is 1.69. The molecule has 0 fully saturated rings. The lowest BCUT2D eigenvalue weighted by Gasteiger charge is -2.08. The van der Waals surface area contributed by atoms with Crippen LogP contribution in [0.5, 0.6) is 5.75 Å². The van der Waals surface area contributed by atoms with E-state index in [1.807, 2.05) is 12.1 Å². The van der Waals surface area contributed by atoms with Crippen LogP contribution in [0.4, 0.5) is 5.69 Å². The molecule has 1 aromatic carbocycles. The zero-order chi connectivity index (χ0) is 10.7. The van der Waals surface area contributed by atoms with Gasteiger partial charge in [0, 0.05) is 6.54 Å². The van der Waals surface area contributed by atoms with Crippen molar-refractivity contribution in [1.29, 1.82) is 0 Å². The Labute approximate surface area is 87.9 Å². The molecule has 2 N–H and O–H groups in total. The van der Waals surface area contributed by atoms with E-state index in [-0.39, 0.29) is 6.42 Å². The van der Waals surface area contributed by atoms with Crippen molar-refractivity contribution < 1.29 is 14.6 Å². The average Bonchev–Trinajstić information content (AvgIpc) is 2.41. The predicted molar refractivity (Wildman–Crippen MR) is 56.4 cm³/mol. The number of rotatable bonds is 2. The monoisotopic (exact) mass is 207 g/mol. The Hall–Kier alpha value is -1.71. The van der Waals surface area contributed by atoms with E-state index in [0.29, 0.717) is 6.61 Å². The third-order valence-corrected chi connectivity index (χ3v) is 2.29. The molecule has 1 heterocycles. The smallest absolute Gasteiger partial charge is 0.307 e. The predicted octanol–water partition coefficient (Wildman–Crippen LogP) is 1.51. The molecule has 4 nitrogen and oxygen atoms in total. The third-order valence-electron chi connectivity index (χ3n) is 2.29. The number of ether oxygens (including phenoxy) is 1. The molecule has 0 aromatic heterocycles. The fraction of sp³-hybridized carbons (Fsp3) is 0.364. The van der Waals surface area contributed by atoms with Crippen LogP contribution in [0.2, 0.25) is 0 Å². The van der Waals surface area contributed by atoms with Crippen LogP contribution in [0.15, 0.2) is 18.2 Å². The molecule has 1 aromatic rings.